The second-order valence-corrected chi connectivity index (χ2v) is 3.61. The summed E-state index contributed by atoms with van der Waals surface area (Å²) in [6.07, 6.45) is 0.316. The van der Waals surface area contributed by atoms with E-state index in [1.165, 1.54) is 12.1 Å². The van der Waals surface area contributed by atoms with Crippen LogP contribution in [0.2, 0.25) is 0 Å². The molecular formula is C13H13NO4. The Kier molecular flexibility index (Phi) is 4.88. The third kappa shape index (κ3) is 3.59. The van der Waals surface area contributed by atoms with Crippen molar-refractivity contribution >= 4 is 11.9 Å². The lowest BCUT2D eigenvalue weighted by molar-refractivity contribution is -0.136. The predicted molar refractivity (Wildman–Crippen MR) is 63.1 cm³/mol. The van der Waals surface area contributed by atoms with E-state index in [9.17, 15) is 9.59 Å². The van der Waals surface area contributed by atoms with Crippen LogP contribution < -0.4 is 0 Å². The number of rotatable bonds is 5. The Bertz CT molecular complexity index is 502. The molecule has 1 aromatic rings. The van der Waals surface area contributed by atoms with Gasteiger partial charge >= 0.3 is 11.9 Å². The Hall–Kier alpha value is -2.35. The van der Waals surface area contributed by atoms with Crippen LogP contribution in [-0.2, 0) is 16.0 Å². The van der Waals surface area contributed by atoms with Crippen LogP contribution in [0.4, 0.5) is 0 Å². The van der Waals surface area contributed by atoms with Gasteiger partial charge in [-0.1, -0.05) is 6.07 Å². The third-order valence-electron chi connectivity index (χ3n) is 2.33. The molecule has 0 bridgehead atoms. The summed E-state index contributed by atoms with van der Waals surface area (Å²) < 4.78 is 4.82. The second-order valence-electron chi connectivity index (χ2n) is 3.61. The van der Waals surface area contributed by atoms with Gasteiger partial charge in [0.2, 0.25) is 0 Å². The van der Waals surface area contributed by atoms with Crippen LogP contribution in [0.5, 0.6) is 0 Å². The fourth-order valence-corrected chi connectivity index (χ4v) is 1.48. The molecule has 0 amide bonds. The van der Waals surface area contributed by atoms with Crippen molar-refractivity contribution < 1.29 is 19.4 Å². The van der Waals surface area contributed by atoms with Crippen molar-refractivity contribution in [3.8, 4) is 6.07 Å². The normalized spacial score (nSPS) is 9.56. The highest BCUT2D eigenvalue weighted by Crippen LogP contribution is 2.14. The molecule has 0 aromatic heterocycles. The quantitative estimate of drug-likeness (QED) is 0.801. The van der Waals surface area contributed by atoms with Gasteiger partial charge in [0.15, 0.2) is 0 Å². The molecule has 0 radical (unpaired) electrons. The molecule has 0 spiro atoms. The van der Waals surface area contributed by atoms with Gasteiger partial charge in [0, 0.05) is 6.42 Å². The number of carbonyl (C=O) groups is 2. The highest BCUT2D eigenvalue weighted by atomic mass is 16.5. The van der Waals surface area contributed by atoms with Crippen LogP contribution >= 0.6 is 0 Å². The number of esters is 1. The lowest BCUT2D eigenvalue weighted by Gasteiger charge is -2.05. The van der Waals surface area contributed by atoms with Crippen molar-refractivity contribution in [3.63, 3.8) is 0 Å². The number of hydrogen-bond acceptors (Lipinski definition) is 4. The van der Waals surface area contributed by atoms with Crippen LogP contribution in [0.15, 0.2) is 18.2 Å². The summed E-state index contributed by atoms with van der Waals surface area (Å²) in [5.41, 5.74) is 1.12. The number of benzene rings is 1. The van der Waals surface area contributed by atoms with E-state index in [0.29, 0.717) is 12.0 Å². The SMILES string of the molecule is CCOC(=O)c1ccc(CCC(=O)O)cc1C#N. The predicted octanol–water partition coefficient (Wildman–Crippen LogP) is 1.75. The molecule has 0 atom stereocenters. The third-order valence-corrected chi connectivity index (χ3v) is 2.33. The van der Waals surface area contributed by atoms with Crippen molar-refractivity contribution in [2.45, 2.75) is 19.8 Å². The Morgan fingerprint density at radius 2 is 2.17 bits per heavy atom. The van der Waals surface area contributed by atoms with Gasteiger partial charge in [0.05, 0.1) is 17.7 Å². The average molecular weight is 247 g/mol. The molecule has 5 heteroatoms. The molecule has 1 N–H and O–H groups in total. The fourth-order valence-electron chi connectivity index (χ4n) is 1.48. The van der Waals surface area contributed by atoms with Crippen LogP contribution in [0, 0.1) is 11.3 Å². The number of aliphatic carboxylic acids is 1. The lowest BCUT2D eigenvalue weighted by Crippen LogP contribution is -2.07. The van der Waals surface area contributed by atoms with Gasteiger partial charge in [-0.05, 0) is 31.0 Å². The number of hydrogen-bond donors (Lipinski definition) is 1. The van der Waals surface area contributed by atoms with Crippen LogP contribution in [-0.4, -0.2) is 23.7 Å². The maximum absolute atomic E-state index is 11.5. The van der Waals surface area contributed by atoms with Crippen molar-refractivity contribution in [2.24, 2.45) is 0 Å². The van der Waals surface area contributed by atoms with Crippen molar-refractivity contribution in [2.75, 3.05) is 6.61 Å². The Labute approximate surface area is 105 Å². The topological polar surface area (TPSA) is 87.4 Å². The molecule has 1 aromatic carbocycles. The summed E-state index contributed by atoms with van der Waals surface area (Å²) >= 11 is 0. The van der Waals surface area contributed by atoms with Gasteiger partial charge in [-0.3, -0.25) is 4.79 Å². The van der Waals surface area contributed by atoms with Crippen LogP contribution in [0.3, 0.4) is 0 Å². The number of aryl methyl sites for hydroxylation is 1. The zero-order valence-corrected chi connectivity index (χ0v) is 9.97. The number of carboxylic acid groups (broad SMARTS) is 1. The van der Waals surface area contributed by atoms with Gasteiger partial charge in [-0.15, -0.1) is 0 Å². The summed E-state index contributed by atoms with van der Waals surface area (Å²) in [5.74, 6) is -1.44. The van der Waals surface area contributed by atoms with Gasteiger partial charge in [-0.2, -0.15) is 5.26 Å². The smallest absolute Gasteiger partial charge is 0.339 e. The summed E-state index contributed by atoms with van der Waals surface area (Å²) in [6, 6.07) is 6.57. The Morgan fingerprint density at radius 1 is 1.44 bits per heavy atom. The summed E-state index contributed by atoms with van der Waals surface area (Å²) in [4.78, 5) is 22.0. The van der Waals surface area contributed by atoms with E-state index in [1.54, 1.807) is 13.0 Å². The van der Waals surface area contributed by atoms with Crippen molar-refractivity contribution in [3.05, 3.63) is 34.9 Å². The largest absolute Gasteiger partial charge is 0.481 e. The summed E-state index contributed by atoms with van der Waals surface area (Å²) in [5, 5.41) is 17.5. The standard InChI is InChI=1S/C13H13NO4/c1-2-18-13(17)11-5-3-9(4-6-12(15)16)7-10(11)8-14/h3,5,7H,2,4,6H2,1H3,(H,15,16). The van der Waals surface area contributed by atoms with Crippen molar-refractivity contribution in [1.29, 1.82) is 5.26 Å². The first kappa shape index (κ1) is 13.7. The Balaban J connectivity index is 2.94. The van der Waals surface area contributed by atoms with E-state index < -0.39 is 11.9 Å². The van der Waals surface area contributed by atoms with E-state index in [4.69, 9.17) is 15.1 Å². The number of ether oxygens (including phenoxy) is 1. The van der Waals surface area contributed by atoms with Crippen LogP contribution in [0.1, 0.15) is 34.8 Å². The molecule has 5 nitrogen and oxygen atoms in total. The molecular weight excluding hydrogens is 234 g/mol. The zero-order chi connectivity index (χ0) is 13.5. The minimum atomic E-state index is -0.900. The zero-order valence-electron chi connectivity index (χ0n) is 9.97. The molecule has 18 heavy (non-hydrogen) atoms. The molecule has 0 saturated heterocycles. The molecule has 0 heterocycles. The highest BCUT2D eigenvalue weighted by Gasteiger charge is 2.13. The molecule has 0 aliphatic heterocycles. The van der Waals surface area contributed by atoms with Crippen LogP contribution in [0.25, 0.3) is 0 Å². The van der Waals surface area contributed by atoms with Crippen molar-refractivity contribution in [1.82, 2.24) is 0 Å². The van der Waals surface area contributed by atoms with E-state index >= 15 is 0 Å². The maximum atomic E-state index is 11.5. The van der Waals surface area contributed by atoms with E-state index in [2.05, 4.69) is 0 Å². The Morgan fingerprint density at radius 3 is 2.72 bits per heavy atom. The monoisotopic (exact) mass is 247 g/mol. The summed E-state index contributed by atoms with van der Waals surface area (Å²) in [6.45, 7) is 1.93. The molecule has 0 unspecified atom stereocenters. The number of nitrogens with zero attached hydrogens (tertiary/aromatic N) is 1. The first-order valence-corrected chi connectivity index (χ1v) is 5.50. The van der Waals surface area contributed by atoms with E-state index in [1.807, 2.05) is 6.07 Å². The van der Waals surface area contributed by atoms with E-state index in [0.717, 1.165) is 0 Å². The second kappa shape index (κ2) is 6.40. The number of nitriles is 1. The minimum Gasteiger partial charge on any atom is -0.481 e. The van der Waals surface area contributed by atoms with E-state index in [-0.39, 0.29) is 24.2 Å². The van der Waals surface area contributed by atoms with Gasteiger partial charge < -0.3 is 9.84 Å². The summed E-state index contributed by atoms with van der Waals surface area (Å²) in [7, 11) is 0. The van der Waals surface area contributed by atoms with Gasteiger partial charge in [0.25, 0.3) is 0 Å². The minimum absolute atomic E-state index is 0.0103. The molecule has 1 rings (SSSR count). The molecule has 94 valence electrons. The maximum Gasteiger partial charge on any atom is 0.339 e. The average Bonchev–Trinajstić information content (AvgIpc) is 2.36. The highest BCUT2D eigenvalue weighted by molar-refractivity contribution is 5.92. The first-order chi connectivity index (χ1) is 8.58. The molecule has 0 aliphatic rings. The first-order valence-electron chi connectivity index (χ1n) is 5.50. The van der Waals surface area contributed by atoms with Gasteiger partial charge in [0.1, 0.15) is 6.07 Å². The lowest BCUT2D eigenvalue weighted by atomic mass is 10.0. The number of carbonyl (C=O) groups excluding carboxylic acids is 1. The molecule has 0 saturated carbocycles. The van der Waals surface area contributed by atoms with Gasteiger partial charge in [-0.25, -0.2) is 4.79 Å². The molecule has 0 aliphatic carbocycles. The molecule has 0 fully saturated rings. The fraction of sp³-hybridized carbons (Fsp3) is 0.308. The number of carboxylic acids is 1.